The van der Waals surface area contributed by atoms with E-state index in [9.17, 15) is 4.79 Å². The lowest BCUT2D eigenvalue weighted by Gasteiger charge is -2.08. The molecule has 4 heteroatoms. The lowest BCUT2D eigenvalue weighted by molar-refractivity contribution is 0.0522. The monoisotopic (exact) mass is 195 g/mol. The van der Waals surface area contributed by atoms with Gasteiger partial charge in [-0.2, -0.15) is 0 Å². The van der Waals surface area contributed by atoms with Crippen molar-refractivity contribution in [3.8, 4) is 5.75 Å². The number of methoxy groups -OCH3 is 1. The molecule has 0 atom stereocenters. The Morgan fingerprint density at radius 3 is 2.79 bits per heavy atom. The molecule has 1 aromatic heterocycles. The molecule has 0 aliphatic heterocycles. The highest BCUT2D eigenvalue weighted by Crippen LogP contribution is 2.22. The maximum Gasteiger partial charge on any atom is 0.343 e. The zero-order valence-corrected chi connectivity index (χ0v) is 8.53. The third kappa shape index (κ3) is 2.02. The average Bonchev–Trinajstić information content (AvgIpc) is 2.17. The molecule has 1 aromatic rings. The molecule has 4 nitrogen and oxygen atoms in total. The Kier molecular flexibility index (Phi) is 3.45. The van der Waals surface area contributed by atoms with Crippen LogP contribution in [0.2, 0.25) is 0 Å². The normalized spacial score (nSPS) is 9.64. The molecule has 0 radical (unpaired) electrons. The molecule has 0 amide bonds. The van der Waals surface area contributed by atoms with Gasteiger partial charge in [0.2, 0.25) is 0 Å². The van der Waals surface area contributed by atoms with Gasteiger partial charge in [-0.3, -0.25) is 4.98 Å². The van der Waals surface area contributed by atoms with Crippen molar-refractivity contribution >= 4 is 5.97 Å². The molecule has 0 saturated heterocycles. The summed E-state index contributed by atoms with van der Waals surface area (Å²) in [5.41, 5.74) is 1.19. The van der Waals surface area contributed by atoms with E-state index in [2.05, 4.69) is 4.98 Å². The van der Waals surface area contributed by atoms with Crippen LogP contribution in [0.3, 0.4) is 0 Å². The van der Waals surface area contributed by atoms with Crippen LogP contribution in [0.1, 0.15) is 22.8 Å². The van der Waals surface area contributed by atoms with E-state index in [0.29, 0.717) is 17.9 Å². The Labute approximate surface area is 82.9 Å². The van der Waals surface area contributed by atoms with E-state index in [1.54, 1.807) is 13.1 Å². The van der Waals surface area contributed by atoms with E-state index in [1.807, 2.05) is 6.92 Å². The van der Waals surface area contributed by atoms with Crippen molar-refractivity contribution in [3.63, 3.8) is 0 Å². The standard InChI is InChI=1S/C10H13NO3/c1-4-14-10(12)8-6-11-5-7(2)9(8)13-3/h5-6H,4H2,1-3H3. The summed E-state index contributed by atoms with van der Waals surface area (Å²) in [4.78, 5) is 15.3. The minimum Gasteiger partial charge on any atom is -0.495 e. The van der Waals surface area contributed by atoms with Crippen LogP contribution < -0.4 is 4.74 Å². The maximum absolute atomic E-state index is 11.4. The van der Waals surface area contributed by atoms with Crippen molar-refractivity contribution < 1.29 is 14.3 Å². The SMILES string of the molecule is CCOC(=O)c1cncc(C)c1OC. The van der Waals surface area contributed by atoms with E-state index in [1.165, 1.54) is 13.3 Å². The first kappa shape index (κ1) is 10.5. The highest BCUT2D eigenvalue weighted by atomic mass is 16.5. The van der Waals surface area contributed by atoms with Crippen LogP contribution >= 0.6 is 0 Å². The fourth-order valence-electron chi connectivity index (χ4n) is 1.18. The predicted molar refractivity (Wildman–Crippen MR) is 51.5 cm³/mol. The maximum atomic E-state index is 11.4. The Morgan fingerprint density at radius 2 is 2.21 bits per heavy atom. The fraction of sp³-hybridized carbons (Fsp3) is 0.400. The summed E-state index contributed by atoms with van der Waals surface area (Å²) in [5.74, 6) is 0.124. The summed E-state index contributed by atoms with van der Waals surface area (Å²) in [6, 6.07) is 0. The number of hydrogen-bond donors (Lipinski definition) is 0. The number of aromatic nitrogens is 1. The number of pyridine rings is 1. The molecule has 0 spiro atoms. The Hall–Kier alpha value is -1.58. The highest BCUT2D eigenvalue weighted by Gasteiger charge is 2.15. The summed E-state index contributed by atoms with van der Waals surface area (Å²) in [6.07, 6.45) is 3.09. The van der Waals surface area contributed by atoms with Gasteiger partial charge in [0.25, 0.3) is 0 Å². The third-order valence-electron chi connectivity index (χ3n) is 1.77. The summed E-state index contributed by atoms with van der Waals surface area (Å²) >= 11 is 0. The van der Waals surface area contributed by atoms with E-state index in [0.717, 1.165) is 5.56 Å². The number of hydrogen-bond acceptors (Lipinski definition) is 4. The Morgan fingerprint density at radius 1 is 1.50 bits per heavy atom. The number of nitrogens with zero attached hydrogens (tertiary/aromatic N) is 1. The van der Waals surface area contributed by atoms with E-state index in [-0.39, 0.29) is 0 Å². The first-order valence-electron chi connectivity index (χ1n) is 4.36. The van der Waals surface area contributed by atoms with Crippen molar-refractivity contribution in [1.82, 2.24) is 4.98 Å². The van der Waals surface area contributed by atoms with E-state index < -0.39 is 5.97 Å². The molecule has 0 fully saturated rings. The van der Waals surface area contributed by atoms with Crippen LogP contribution in [0.4, 0.5) is 0 Å². The summed E-state index contributed by atoms with van der Waals surface area (Å²) in [7, 11) is 1.52. The van der Waals surface area contributed by atoms with Gasteiger partial charge in [0.1, 0.15) is 11.3 Å². The second kappa shape index (κ2) is 4.60. The number of carbonyl (C=O) groups excluding carboxylic acids is 1. The molecule has 0 aliphatic rings. The number of rotatable bonds is 3. The summed E-state index contributed by atoms with van der Waals surface area (Å²) in [5, 5.41) is 0. The van der Waals surface area contributed by atoms with E-state index in [4.69, 9.17) is 9.47 Å². The van der Waals surface area contributed by atoms with Gasteiger partial charge in [-0.25, -0.2) is 4.79 Å². The summed E-state index contributed by atoms with van der Waals surface area (Å²) in [6.45, 7) is 3.93. The lowest BCUT2D eigenvalue weighted by atomic mass is 10.2. The first-order valence-corrected chi connectivity index (χ1v) is 4.36. The first-order chi connectivity index (χ1) is 6.70. The second-order valence-corrected chi connectivity index (χ2v) is 2.76. The predicted octanol–water partition coefficient (Wildman–Crippen LogP) is 1.58. The van der Waals surface area contributed by atoms with Crippen LogP contribution in [-0.2, 0) is 4.74 Å². The second-order valence-electron chi connectivity index (χ2n) is 2.76. The molecule has 0 unspecified atom stereocenters. The topological polar surface area (TPSA) is 48.4 Å². The number of aryl methyl sites for hydroxylation is 1. The van der Waals surface area contributed by atoms with Crippen LogP contribution in [0.15, 0.2) is 12.4 Å². The van der Waals surface area contributed by atoms with Gasteiger partial charge in [0.05, 0.1) is 13.7 Å². The zero-order chi connectivity index (χ0) is 10.6. The molecule has 76 valence electrons. The van der Waals surface area contributed by atoms with Crippen LogP contribution in [0, 0.1) is 6.92 Å². The summed E-state index contributed by atoms with van der Waals surface area (Å²) < 4.78 is 9.97. The molecule has 14 heavy (non-hydrogen) atoms. The largest absolute Gasteiger partial charge is 0.495 e. The molecular weight excluding hydrogens is 182 g/mol. The fourth-order valence-corrected chi connectivity index (χ4v) is 1.18. The number of carbonyl (C=O) groups is 1. The van der Waals surface area contributed by atoms with E-state index >= 15 is 0 Å². The van der Waals surface area contributed by atoms with Crippen molar-refractivity contribution in [2.75, 3.05) is 13.7 Å². The molecule has 0 aromatic carbocycles. The van der Waals surface area contributed by atoms with Gasteiger partial charge in [0, 0.05) is 18.0 Å². The molecule has 0 aliphatic carbocycles. The zero-order valence-electron chi connectivity index (χ0n) is 8.53. The molecule has 0 N–H and O–H groups in total. The average molecular weight is 195 g/mol. The van der Waals surface area contributed by atoms with Gasteiger partial charge >= 0.3 is 5.97 Å². The van der Waals surface area contributed by atoms with Crippen LogP contribution in [0.25, 0.3) is 0 Å². The Bertz CT molecular complexity index is 336. The molecule has 0 bridgehead atoms. The number of esters is 1. The molecular formula is C10H13NO3. The molecule has 1 heterocycles. The van der Waals surface area contributed by atoms with Crippen LogP contribution in [0.5, 0.6) is 5.75 Å². The third-order valence-corrected chi connectivity index (χ3v) is 1.77. The minimum atomic E-state index is -0.402. The van der Waals surface area contributed by atoms with Crippen molar-refractivity contribution in [2.24, 2.45) is 0 Å². The van der Waals surface area contributed by atoms with Crippen molar-refractivity contribution in [3.05, 3.63) is 23.5 Å². The quantitative estimate of drug-likeness (QED) is 0.687. The Balaban J connectivity index is 3.07. The van der Waals surface area contributed by atoms with Gasteiger partial charge in [-0.15, -0.1) is 0 Å². The van der Waals surface area contributed by atoms with Crippen LogP contribution in [-0.4, -0.2) is 24.7 Å². The molecule has 0 saturated carbocycles. The van der Waals surface area contributed by atoms with Gasteiger partial charge < -0.3 is 9.47 Å². The van der Waals surface area contributed by atoms with Gasteiger partial charge in [-0.1, -0.05) is 0 Å². The van der Waals surface area contributed by atoms with Crippen molar-refractivity contribution in [1.29, 1.82) is 0 Å². The van der Waals surface area contributed by atoms with Gasteiger partial charge in [-0.05, 0) is 13.8 Å². The number of ether oxygens (including phenoxy) is 2. The van der Waals surface area contributed by atoms with Crippen molar-refractivity contribution in [2.45, 2.75) is 13.8 Å². The highest BCUT2D eigenvalue weighted by molar-refractivity contribution is 5.92. The molecule has 1 rings (SSSR count). The minimum absolute atomic E-state index is 0.343. The van der Waals surface area contributed by atoms with Gasteiger partial charge in [0.15, 0.2) is 0 Å². The smallest absolute Gasteiger partial charge is 0.343 e. The lowest BCUT2D eigenvalue weighted by Crippen LogP contribution is -2.08.